The van der Waals surface area contributed by atoms with Crippen molar-refractivity contribution in [1.82, 2.24) is 4.90 Å². The molecular weight excluding hydrogens is 469 g/mol. The Balaban J connectivity index is 1.35. The minimum atomic E-state index is -0.464. The van der Waals surface area contributed by atoms with E-state index < -0.39 is 11.6 Å². The lowest BCUT2D eigenvalue weighted by atomic mass is 9.90. The molecule has 1 saturated heterocycles. The van der Waals surface area contributed by atoms with Crippen molar-refractivity contribution in [3.05, 3.63) is 74.4 Å². The number of hydrogen-bond acceptors (Lipinski definition) is 5. The highest BCUT2D eigenvalue weighted by atomic mass is 79.9. The summed E-state index contributed by atoms with van der Waals surface area (Å²) in [6, 6.07) is 11.9. The third-order valence-electron chi connectivity index (χ3n) is 5.97. The first kappa shape index (κ1) is 20.0. The number of piperidine rings is 1. The molecule has 4 nitrogen and oxygen atoms in total. The number of thioether (sulfide) groups is 1. The molecule has 30 heavy (non-hydrogen) atoms. The number of halogens is 2. The molecule has 2 aliphatic heterocycles. The molecular formula is C23H19BrFNO3S. The SMILES string of the molecule is O=C1C(=O)c2ccc(Br)cc2C2=C1SCC1(CCN(Cc3ccc(F)cc3)CC1)O2. The Morgan fingerprint density at radius 3 is 2.50 bits per heavy atom. The molecule has 2 heterocycles. The molecule has 1 spiro atoms. The number of ketones is 2. The molecule has 5 rings (SSSR count). The maximum atomic E-state index is 13.1. The second-order valence-corrected chi connectivity index (χ2v) is 9.88. The largest absolute Gasteiger partial charge is 0.484 e. The fourth-order valence-electron chi connectivity index (χ4n) is 4.25. The van der Waals surface area contributed by atoms with Crippen molar-refractivity contribution >= 4 is 45.0 Å². The van der Waals surface area contributed by atoms with Crippen LogP contribution in [0.2, 0.25) is 0 Å². The number of allylic oxidation sites excluding steroid dienone is 1. The summed E-state index contributed by atoms with van der Waals surface area (Å²) in [5.41, 5.74) is 1.85. The molecule has 0 bridgehead atoms. The van der Waals surface area contributed by atoms with Gasteiger partial charge in [-0.15, -0.1) is 11.8 Å². The van der Waals surface area contributed by atoms with Gasteiger partial charge in [0.15, 0.2) is 0 Å². The van der Waals surface area contributed by atoms with Crippen molar-refractivity contribution in [2.75, 3.05) is 18.8 Å². The van der Waals surface area contributed by atoms with Crippen molar-refractivity contribution in [2.24, 2.45) is 0 Å². The molecule has 7 heteroatoms. The predicted octanol–water partition coefficient (Wildman–Crippen LogP) is 4.82. The first-order valence-corrected chi connectivity index (χ1v) is 11.6. The number of fused-ring (bicyclic) bond motifs is 2. The average molecular weight is 488 g/mol. The molecule has 0 atom stereocenters. The van der Waals surface area contributed by atoms with E-state index in [0.717, 1.165) is 42.5 Å². The van der Waals surface area contributed by atoms with Crippen LogP contribution in [-0.2, 0) is 16.1 Å². The smallest absolute Gasteiger partial charge is 0.243 e. The van der Waals surface area contributed by atoms with E-state index in [9.17, 15) is 14.0 Å². The van der Waals surface area contributed by atoms with Crippen LogP contribution in [0.4, 0.5) is 4.39 Å². The first-order valence-electron chi connectivity index (χ1n) is 9.86. The Morgan fingerprint density at radius 1 is 1.03 bits per heavy atom. The zero-order chi connectivity index (χ0) is 20.9. The van der Waals surface area contributed by atoms with Crippen molar-refractivity contribution in [3.63, 3.8) is 0 Å². The molecule has 3 aliphatic rings. The van der Waals surface area contributed by atoms with Crippen LogP contribution in [0.15, 0.2) is 51.8 Å². The molecule has 154 valence electrons. The summed E-state index contributed by atoms with van der Waals surface area (Å²) in [5.74, 6) is 0.0731. The Bertz CT molecular complexity index is 1070. The Morgan fingerprint density at radius 2 is 1.77 bits per heavy atom. The molecule has 2 aromatic carbocycles. The minimum Gasteiger partial charge on any atom is -0.484 e. The quantitative estimate of drug-likeness (QED) is 0.568. The van der Waals surface area contributed by atoms with E-state index in [1.54, 1.807) is 12.1 Å². The third kappa shape index (κ3) is 3.53. The van der Waals surface area contributed by atoms with Crippen LogP contribution in [-0.4, -0.2) is 40.9 Å². The summed E-state index contributed by atoms with van der Waals surface area (Å²) in [6.45, 7) is 2.50. The average Bonchev–Trinajstić information content (AvgIpc) is 2.75. The number of rotatable bonds is 2. The lowest BCUT2D eigenvalue weighted by molar-refractivity contribution is -0.111. The summed E-state index contributed by atoms with van der Waals surface area (Å²) >= 11 is 4.91. The summed E-state index contributed by atoms with van der Waals surface area (Å²) in [5, 5.41) is 0. The molecule has 0 unspecified atom stereocenters. The summed E-state index contributed by atoms with van der Waals surface area (Å²) in [7, 11) is 0. The fraction of sp³-hybridized carbons (Fsp3) is 0.304. The lowest BCUT2D eigenvalue weighted by Crippen LogP contribution is -2.49. The van der Waals surface area contributed by atoms with Crippen molar-refractivity contribution in [2.45, 2.75) is 25.0 Å². The van der Waals surface area contributed by atoms with Gasteiger partial charge in [-0.25, -0.2) is 4.39 Å². The first-order chi connectivity index (χ1) is 14.4. The number of carbonyl (C=O) groups is 2. The van der Waals surface area contributed by atoms with Gasteiger partial charge in [-0.05, 0) is 35.9 Å². The highest BCUT2D eigenvalue weighted by molar-refractivity contribution is 9.10. The van der Waals surface area contributed by atoms with Gasteiger partial charge < -0.3 is 4.74 Å². The molecule has 0 amide bonds. The van der Waals surface area contributed by atoms with E-state index in [1.165, 1.54) is 23.9 Å². The number of Topliss-reactive ketones (excluding diaryl/α,β-unsaturated/α-hetero) is 2. The number of benzene rings is 2. The van der Waals surface area contributed by atoms with Gasteiger partial charge in [0.05, 0.1) is 0 Å². The van der Waals surface area contributed by atoms with Crippen LogP contribution in [0.1, 0.15) is 34.3 Å². The van der Waals surface area contributed by atoms with Crippen LogP contribution in [0.25, 0.3) is 5.76 Å². The van der Waals surface area contributed by atoms with Gasteiger partial charge >= 0.3 is 0 Å². The van der Waals surface area contributed by atoms with Gasteiger partial charge in [-0.2, -0.15) is 0 Å². The number of ether oxygens (including phenoxy) is 1. The Labute approximate surface area is 186 Å². The Hall–Kier alpha value is -1.96. The van der Waals surface area contributed by atoms with Crippen LogP contribution >= 0.6 is 27.7 Å². The van der Waals surface area contributed by atoms with E-state index in [2.05, 4.69) is 20.8 Å². The van der Waals surface area contributed by atoms with Crippen LogP contribution in [0.5, 0.6) is 0 Å². The number of hydrogen-bond donors (Lipinski definition) is 0. The highest BCUT2D eigenvalue weighted by Crippen LogP contribution is 2.47. The van der Waals surface area contributed by atoms with Gasteiger partial charge in [0.2, 0.25) is 11.6 Å². The predicted molar refractivity (Wildman–Crippen MR) is 118 cm³/mol. The second kappa shape index (κ2) is 7.62. The zero-order valence-electron chi connectivity index (χ0n) is 16.1. The van der Waals surface area contributed by atoms with Gasteiger partial charge in [0.25, 0.3) is 0 Å². The van der Waals surface area contributed by atoms with Crippen molar-refractivity contribution in [1.29, 1.82) is 0 Å². The normalized spacial score (nSPS) is 20.7. The van der Waals surface area contributed by atoms with Gasteiger partial charge in [-0.3, -0.25) is 14.5 Å². The lowest BCUT2D eigenvalue weighted by Gasteiger charge is -2.45. The van der Waals surface area contributed by atoms with Gasteiger partial charge in [0.1, 0.15) is 22.1 Å². The molecule has 1 aliphatic carbocycles. The molecule has 0 aromatic heterocycles. The Kier molecular flexibility index (Phi) is 5.08. The summed E-state index contributed by atoms with van der Waals surface area (Å²) < 4.78 is 20.5. The van der Waals surface area contributed by atoms with E-state index in [0.29, 0.717) is 27.5 Å². The van der Waals surface area contributed by atoms with Gasteiger partial charge in [-0.1, -0.05) is 28.1 Å². The van der Waals surface area contributed by atoms with Crippen molar-refractivity contribution < 1.29 is 18.7 Å². The van der Waals surface area contributed by atoms with E-state index >= 15 is 0 Å². The molecule has 2 aromatic rings. The molecule has 0 N–H and O–H groups in total. The fourth-order valence-corrected chi connectivity index (χ4v) is 5.87. The maximum absolute atomic E-state index is 13.1. The molecule has 0 radical (unpaired) electrons. The number of nitrogens with zero attached hydrogens (tertiary/aromatic N) is 1. The highest BCUT2D eigenvalue weighted by Gasteiger charge is 2.46. The van der Waals surface area contributed by atoms with E-state index in [4.69, 9.17) is 4.74 Å². The standard InChI is InChI=1S/C23H19BrFNO3S/c24-15-3-6-17-18(11-15)21-22(20(28)19(17)27)30-13-23(29-21)7-9-26(10-8-23)12-14-1-4-16(25)5-2-14/h1-6,11H,7-10,12-13H2. The third-order valence-corrected chi connectivity index (χ3v) is 7.80. The number of likely N-dealkylation sites (tertiary alicyclic amines) is 1. The maximum Gasteiger partial charge on any atom is 0.243 e. The molecule has 0 saturated carbocycles. The van der Waals surface area contributed by atoms with Crippen molar-refractivity contribution in [3.8, 4) is 0 Å². The van der Waals surface area contributed by atoms with Crippen LogP contribution in [0, 0.1) is 5.82 Å². The van der Waals surface area contributed by atoms with Crippen LogP contribution < -0.4 is 0 Å². The van der Waals surface area contributed by atoms with Crippen LogP contribution in [0.3, 0.4) is 0 Å². The molecule has 1 fully saturated rings. The zero-order valence-corrected chi connectivity index (χ0v) is 18.5. The topological polar surface area (TPSA) is 46.6 Å². The van der Waals surface area contributed by atoms with Gasteiger partial charge in [0, 0.05) is 53.8 Å². The van der Waals surface area contributed by atoms with E-state index in [-0.39, 0.29) is 11.4 Å². The minimum absolute atomic E-state index is 0.222. The summed E-state index contributed by atoms with van der Waals surface area (Å²) in [4.78, 5) is 27.9. The second-order valence-electron chi connectivity index (χ2n) is 7.98. The monoisotopic (exact) mass is 487 g/mol. The van der Waals surface area contributed by atoms with E-state index in [1.807, 2.05) is 18.2 Å². The number of carbonyl (C=O) groups excluding carboxylic acids is 2. The summed E-state index contributed by atoms with van der Waals surface area (Å²) in [6.07, 6.45) is 1.67.